The molecular weight excluding hydrogens is 306 g/mol. The number of benzene rings is 1. The second-order valence-electron chi connectivity index (χ2n) is 5.09. The summed E-state index contributed by atoms with van der Waals surface area (Å²) in [5.41, 5.74) is 1.79. The molecule has 0 saturated heterocycles. The highest BCUT2D eigenvalue weighted by Gasteiger charge is 2.08. The first-order valence-electron chi connectivity index (χ1n) is 7.25. The Morgan fingerprint density at radius 3 is 2.33 bits per heavy atom. The van der Waals surface area contributed by atoms with Crippen molar-refractivity contribution >= 4 is 23.2 Å². The molecule has 3 aromatic rings. The summed E-state index contributed by atoms with van der Waals surface area (Å²) in [5.74, 6) is 0.225. The van der Waals surface area contributed by atoms with Gasteiger partial charge in [0, 0.05) is 42.5 Å². The molecule has 0 bridgehead atoms. The molecule has 3 rings (SSSR count). The standard InChI is InChI=1S/C17H15N5O2/c1-12(23)20-14-2-4-15(5-3-14)21-17(24)13-6-7-19-16(10-13)22-9-8-18-11-22/h2-11H,1H3,(H,20,23)(H,21,24). The Kier molecular flexibility index (Phi) is 4.33. The number of hydrogen-bond donors (Lipinski definition) is 2. The lowest BCUT2D eigenvalue weighted by Gasteiger charge is -2.08. The van der Waals surface area contributed by atoms with Gasteiger partial charge in [-0.15, -0.1) is 0 Å². The molecule has 7 nitrogen and oxygen atoms in total. The van der Waals surface area contributed by atoms with Crippen LogP contribution in [0, 0.1) is 0 Å². The molecule has 0 aliphatic heterocycles. The van der Waals surface area contributed by atoms with Gasteiger partial charge in [-0.2, -0.15) is 0 Å². The molecule has 0 atom stereocenters. The third-order valence-corrected chi connectivity index (χ3v) is 3.24. The highest BCUT2D eigenvalue weighted by atomic mass is 16.2. The predicted molar refractivity (Wildman–Crippen MR) is 90.1 cm³/mol. The van der Waals surface area contributed by atoms with E-state index in [0.29, 0.717) is 22.8 Å². The van der Waals surface area contributed by atoms with Crippen LogP contribution in [0.15, 0.2) is 61.3 Å². The summed E-state index contributed by atoms with van der Waals surface area (Å²) < 4.78 is 1.72. The summed E-state index contributed by atoms with van der Waals surface area (Å²) in [7, 11) is 0. The molecule has 0 aliphatic rings. The van der Waals surface area contributed by atoms with Crippen molar-refractivity contribution in [3.05, 3.63) is 66.9 Å². The van der Waals surface area contributed by atoms with Crippen LogP contribution >= 0.6 is 0 Å². The Morgan fingerprint density at radius 2 is 1.71 bits per heavy atom. The number of nitrogens with zero attached hydrogens (tertiary/aromatic N) is 3. The largest absolute Gasteiger partial charge is 0.326 e. The molecule has 1 aromatic carbocycles. The molecule has 120 valence electrons. The summed E-state index contributed by atoms with van der Waals surface area (Å²) in [4.78, 5) is 31.5. The summed E-state index contributed by atoms with van der Waals surface area (Å²) in [6.07, 6.45) is 6.59. The minimum atomic E-state index is -0.244. The van der Waals surface area contributed by atoms with E-state index in [9.17, 15) is 9.59 Å². The molecule has 0 aliphatic carbocycles. The molecule has 2 N–H and O–H groups in total. The van der Waals surface area contributed by atoms with Crippen LogP contribution in [0.25, 0.3) is 5.82 Å². The minimum Gasteiger partial charge on any atom is -0.326 e. The van der Waals surface area contributed by atoms with Crippen molar-refractivity contribution < 1.29 is 9.59 Å². The molecule has 0 fully saturated rings. The fourth-order valence-electron chi connectivity index (χ4n) is 2.14. The summed E-state index contributed by atoms with van der Waals surface area (Å²) in [6.45, 7) is 1.44. The van der Waals surface area contributed by atoms with Crippen molar-refractivity contribution in [2.45, 2.75) is 6.92 Å². The van der Waals surface area contributed by atoms with E-state index in [4.69, 9.17) is 0 Å². The van der Waals surface area contributed by atoms with E-state index in [2.05, 4.69) is 20.6 Å². The monoisotopic (exact) mass is 321 g/mol. The van der Waals surface area contributed by atoms with Crippen molar-refractivity contribution in [3.8, 4) is 5.82 Å². The van der Waals surface area contributed by atoms with E-state index < -0.39 is 0 Å². The second kappa shape index (κ2) is 6.74. The smallest absolute Gasteiger partial charge is 0.255 e. The lowest BCUT2D eigenvalue weighted by atomic mass is 10.2. The van der Waals surface area contributed by atoms with Gasteiger partial charge in [-0.25, -0.2) is 9.97 Å². The van der Waals surface area contributed by atoms with Gasteiger partial charge in [0.05, 0.1) is 0 Å². The molecule has 2 aromatic heterocycles. The van der Waals surface area contributed by atoms with Gasteiger partial charge in [0.1, 0.15) is 12.1 Å². The molecule has 0 spiro atoms. The second-order valence-corrected chi connectivity index (χ2v) is 5.09. The van der Waals surface area contributed by atoms with Crippen LogP contribution in [-0.2, 0) is 4.79 Å². The van der Waals surface area contributed by atoms with E-state index in [-0.39, 0.29) is 11.8 Å². The Hall–Kier alpha value is -3.48. The molecular formula is C17H15N5O2. The van der Waals surface area contributed by atoms with Crippen molar-refractivity contribution in [2.24, 2.45) is 0 Å². The SMILES string of the molecule is CC(=O)Nc1ccc(NC(=O)c2ccnc(-n3ccnc3)c2)cc1. The van der Waals surface area contributed by atoms with Crippen molar-refractivity contribution in [2.75, 3.05) is 10.6 Å². The lowest BCUT2D eigenvalue weighted by molar-refractivity contribution is -0.114. The number of aromatic nitrogens is 3. The maximum atomic E-state index is 12.4. The molecule has 0 saturated carbocycles. The van der Waals surface area contributed by atoms with Crippen LogP contribution in [0.1, 0.15) is 17.3 Å². The molecule has 2 heterocycles. The quantitative estimate of drug-likeness (QED) is 0.772. The van der Waals surface area contributed by atoms with Crippen LogP contribution in [-0.4, -0.2) is 26.3 Å². The van der Waals surface area contributed by atoms with Crippen LogP contribution in [0.2, 0.25) is 0 Å². The predicted octanol–water partition coefficient (Wildman–Crippen LogP) is 2.48. The van der Waals surface area contributed by atoms with Gasteiger partial charge in [0.15, 0.2) is 0 Å². The Morgan fingerprint density at radius 1 is 1.00 bits per heavy atom. The number of rotatable bonds is 4. The maximum absolute atomic E-state index is 12.4. The fourth-order valence-corrected chi connectivity index (χ4v) is 2.14. The first-order valence-corrected chi connectivity index (χ1v) is 7.25. The van der Waals surface area contributed by atoms with E-state index in [0.717, 1.165) is 0 Å². The van der Waals surface area contributed by atoms with Crippen LogP contribution in [0.4, 0.5) is 11.4 Å². The van der Waals surface area contributed by atoms with Gasteiger partial charge in [0.2, 0.25) is 5.91 Å². The molecule has 7 heteroatoms. The number of amides is 2. The third-order valence-electron chi connectivity index (χ3n) is 3.24. The number of anilines is 2. The number of nitrogens with one attached hydrogen (secondary N) is 2. The normalized spacial score (nSPS) is 10.2. The van der Waals surface area contributed by atoms with Crippen molar-refractivity contribution in [3.63, 3.8) is 0 Å². The summed E-state index contributed by atoms with van der Waals surface area (Å²) in [6, 6.07) is 10.2. The van der Waals surface area contributed by atoms with E-state index in [1.165, 1.54) is 6.92 Å². The van der Waals surface area contributed by atoms with Gasteiger partial charge in [-0.05, 0) is 36.4 Å². The molecule has 0 unspecified atom stereocenters. The first kappa shape index (κ1) is 15.4. The fraction of sp³-hybridized carbons (Fsp3) is 0.0588. The topological polar surface area (TPSA) is 88.9 Å². The number of imidazole rings is 1. The Labute approximate surface area is 138 Å². The van der Waals surface area contributed by atoms with Gasteiger partial charge in [-0.1, -0.05) is 0 Å². The first-order chi connectivity index (χ1) is 11.6. The Balaban J connectivity index is 1.73. The van der Waals surface area contributed by atoms with Gasteiger partial charge in [0.25, 0.3) is 5.91 Å². The van der Waals surface area contributed by atoms with E-state index in [1.807, 2.05) is 0 Å². The average Bonchev–Trinajstić information content (AvgIpc) is 3.11. The maximum Gasteiger partial charge on any atom is 0.255 e. The van der Waals surface area contributed by atoms with Gasteiger partial charge in [-0.3, -0.25) is 14.2 Å². The minimum absolute atomic E-state index is 0.143. The molecule has 0 radical (unpaired) electrons. The zero-order valence-corrected chi connectivity index (χ0v) is 12.9. The zero-order chi connectivity index (χ0) is 16.9. The zero-order valence-electron chi connectivity index (χ0n) is 12.9. The highest BCUT2D eigenvalue weighted by molar-refractivity contribution is 6.04. The summed E-state index contributed by atoms with van der Waals surface area (Å²) >= 11 is 0. The van der Waals surface area contributed by atoms with E-state index >= 15 is 0 Å². The van der Waals surface area contributed by atoms with Gasteiger partial charge >= 0.3 is 0 Å². The summed E-state index contributed by atoms with van der Waals surface area (Å²) in [5, 5.41) is 5.48. The average molecular weight is 321 g/mol. The van der Waals surface area contributed by atoms with Crippen molar-refractivity contribution in [1.82, 2.24) is 14.5 Å². The third kappa shape index (κ3) is 3.64. The van der Waals surface area contributed by atoms with E-state index in [1.54, 1.807) is 65.9 Å². The number of pyridine rings is 1. The highest BCUT2D eigenvalue weighted by Crippen LogP contribution is 2.15. The van der Waals surface area contributed by atoms with Crippen LogP contribution in [0.3, 0.4) is 0 Å². The van der Waals surface area contributed by atoms with Crippen molar-refractivity contribution in [1.29, 1.82) is 0 Å². The number of hydrogen-bond acceptors (Lipinski definition) is 4. The molecule has 24 heavy (non-hydrogen) atoms. The number of carbonyl (C=O) groups excluding carboxylic acids is 2. The Bertz CT molecular complexity index is 857. The van der Waals surface area contributed by atoms with Crippen LogP contribution in [0.5, 0.6) is 0 Å². The van der Waals surface area contributed by atoms with Crippen LogP contribution < -0.4 is 10.6 Å². The van der Waals surface area contributed by atoms with Gasteiger partial charge < -0.3 is 10.6 Å². The lowest BCUT2D eigenvalue weighted by Crippen LogP contribution is -2.13. The molecule has 2 amide bonds. The number of carbonyl (C=O) groups is 2.